The fourth-order valence-electron chi connectivity index (χ4n) is 2.43. The molecule has 0 aliphatic carbocycles. The largest absolute Gasteiger partial charge is 0.382 e. The molecular formula is C19H18N6O4S. The van der Waals surface area contributed by atoms with Crippen LogP contribution in [0.5, 0.6) is 0 Å². The van der Waals surface area contributed by atoms with E-state index >= 15 is 0 Å². The molecule has 2 aromatic carbocycles. The lowest BCUT2D eigenvalue weighted by Crippen LogP contribution is -2.42. The second-order valence-corrected chi connectivity index (χ2v) is 7.80. The van der Waals surface area contributed by atoms with E-state index in [-0.39, 0.29) is 28.5 Å². The molecule has 3 aromatic rings. The highest BCUT2D eigenvalue weighted by Crippen LogP contribution is 2.12. The Kier molecular flexibility index (Phi) is 6.35. The Morgan fingerprint density at radius 2 is 1.60 bits per heavy atom. The smallest absolute Gasteiger partial charge is 0.292 e. The molecule has 0 atom stereocenters. The summed E-state index contributed by atoms with van der Waals surface area (Å²) in [6, 6.07) is 14.4. The van der Waals surface area contributed by atoms with Gasteiger partial charge in [0.25, 0.3) is 11.8 Å². The van der Waals surface area contributed by atoms with Gasteiger partial charge in [0, 0.05) is 24.5 Å². The SMILES string of the molecule is Nc1nccnc1C(=O)NNC(=O)c1cccc(S(=O)(=O)NCc2ccccc2)c1. The molecular weight excluding hydrogens is 408 g/mol. The first-order valence-electron chi connectivity index (χ1n) is 8.67. The number of hydrogen-bond donors (Lipinski definition) is 4. The maximum atomic E-state index is 12.5. The maximum absolute atomic E-state index is 12.5. The zero-order chi connectivity index (χ0) is 21.6. The number of rotatable bonds is 6. The summed E-state index contributed by atoms with van der Waals surface area (Å²) in [4.78, 5) is 31.8. The van der Waals surface area contributed by atoms with E-state index in [2.05, 4.69) is 25.5 Å². The number of hydrazine groups is 1. The van der Waals surface area contributed by atoms with Crippen molar-refractivity contribution in [2.75, 3.05) is 5.73 Å². The van der Waals surface area contributed by atoms with Crippen LogP contribution in [0.15, 0.2) is 71.9 Å². The molecule has 5 N–H and O–H groups in total. The van der Waals surface area contributed by atoms with Gasteiger partial charge >= 0.3 is 0 Å². The number of sulfonamides is 1. The minimum absolute atomic E-state index is 0.0324. The monoisotopic (exact) mass is 426 g/mol. The van der Waals surface area contributed by atoms with Gasteiger partial charge in [-0.05, 0) is 23.8 Å². The maximum Gasteiger partial charge on any atom is 0.292 e. The van der Waals surface area contributed by atoms with Gasteiger partial charge in [-0.25, -0.2) is 23.1 Å². The van der Waals surface area contributed by atoms with Gasteiger partial charge in [-0.2, -0.15) is 0 Å². The van der Waals surface area contributed by atoms with Crippen molar-refractivity contribution in [2.45, 2.75) is 11.4 Å². The highest BCUT2D eigenvalue weighted by Gasteiger charge is 2.17. The molecule has 0 fully saturated rings. The van der Waals surface area contributed by atoms with Crippen molar-refractivity contribution in [1.82, 2.24) is 25.5 Å². The number of carbonyl (C=O) groups excluding carboxylic acids is 2. The Hall–Kier alpha value is -3.83. The third-order valence-electron chi connectivity index (χ3n) is 3.95. The predicted octanol–water partition coefficient (Wildman–Crippen LogP) is 0.612. The van der Waals surface area contributed by atoms with Crippen LogP contribution in [-0.4, -0.2) is 30.2 Å². The van der Waals surface area contributed by atoms with Crippen molar-refractivity contribution >= 4 is 27.7 Å². The number of nitrogens with two attached hydrogens (primary N) is 1. The summed E-state index contributed by atoms with van der Waals surface area (Å²) < 4.78 is 27.5. The van der Waals surface area contributed by atoms with E-state index in [1.54, 1.807) is 24.3 Å². The Balaban J connectivity index is 1.66. The zero-order valence-electron chi connectivity index (χ0n) is 15.6. The molecule has 10 nitrogen and oxygen atoms in total. The van der Waals surface area contributed by atoms with Gasteiger partial charge in [-0.1, -0.05) is 36.4 Å². The molecule has 0 saturated heterocycles. The second-order valence-electron chi connectivity index (χ2n) is 6.04. The van der Waals surface area contributed by atoms with Gasteiger partial charge in [-0.15, -0.1) is 0 Å². The number of anilines is 1. The molecule has 3 rings (SSSR count). The minimum atomic E-state index is -3.85. The van der Waals surface area contributed by atoms with E-state index < -0.39 is 21.8 Å². The summed E-state index contributed by atoms with van der Waals surface area (Å²) in [7, 11) is -3.85. The van der Waals surface area contributed by atoms with E-state index in [1.807, 2.05) is 6.07 Å². The molecule has 0 aliphatic heterocycles. The molecule has 0 spiro atoms. The summed E-state index contributed by atoms with van der Waals surface area (Å²) in [5.41, 5.74) is 10.6. The van der Waals surface area contributed by atoms with Crippen molar-refractivity contribution in [1.29, 1.82) is 0 Å². The van der Waals surface area contributed by atoms with Crippen molar-refractivity contribution in [3.8, 4) is 0 Å². The summed E-state index contributed by atoms with van der Waals surface area (Å²) in [5.74, 6) is -1.57. The summed E-state index contributed by atoms with van der Waals surface area (Å²) in [5, 5.41) is 0. The molecule has 0 bridgehead atoms. The van der Waals surface area contributed by atoms with Crippen LogP contribution in [0.1, 0.15) is 26.4 Å². The van der Waals surface area contributed by atoms with Gasteiger partial charge in [0.15, 0.2) is 11.5 Å². The van der Waals surface area contributed by atoms with Crippen molar-refractivity contribution < 1.29 is 18.0 Å². The van der Waals surface area contributed by atoms with Crippen LogP contribution in [0.25, 0.3) is 0 Å². The summed E-state index contributed by atoms with van der Waals surface area (Å²) in [6.07, 6.45) is 2.60. The van der Waals surface area contributed by atoms with Crippen molar-refractivity contribution in [2.24, 2.45) is 0 Å². The first-order chi connectivity index (χ1) is 14.4. The van der Waals surface area contributed by atoms with Crippen molar-refractivity contribution in [3.05, 3.63) is 83.8 Å². The Morgan fingerprint density at radius 3 is 2.33 bits per heavy atom. The zero-order valence-corrected chi connectivity index (χ0v) is 16.4. The van der Waals surface area contributed by atoms with Crippen LogP contribution in [0.2, 0.25) is 0 Å². The third-order valence-corrected chi connectivity index (χ3v) is 5.35. The fraction of sp³-hybridized carbons (Fsp3) is 0.0526. The molecule has 0 aliphatic rings. The van der Waals surface area contributed by atoms with Crippen LogP contribution in [-0.2, 0) is 16.6 Å². The number of nitrogen functional groups attached to an aromatic ring is 1. The Labute approximate surface area is 172 Å². The number of carbonyl (C=O) groups is 2. The van der Waals surface area contributed by atoms with E-state index in [9.17, 15) is 18.0 Å². The van der Waals surface area contributed by atoms with Crippen LogP contribution < -0.4 is 21.3 Å². The lowest BCUT2D eigenvalue weighted by atomic mass is 10.2. The molecule has 0 unspecified atom stereocenters. The normalized spacial score (nSPS) is 10.9. The molecule has 0 radical (unpaired) electrons. The van der Waals surface area contributed by atoms with E-state index in [0.717, 1.165) is 5.56 Å². The lowest BCUT2D eigenvalue weighted by molar-refractivity contribution is 0.0844. The number of nitrogens with one attached hydrogen (secondary N) is 3. The number of aromatic nitrogens is 2. The van der Waals surface area contributed by atoms with Gasteiger partial charge in [0.1, 0.15) is 0 Å². The first kappa shape index (κ1) is 20.9. The molecule has 2 amide bonds. The quantitative estimate of drug-likeness (QED) is 0.421. The van der Waals surface area contributed by atoms with E-state index in [4.69, 9.17) is 5.73 Å². The van der Waals surface area contributed by atoms with Gasteiger partial charge in [-0.3, -0.25) is 20.4 Å². The minimum Gasteiger partial charge on any atom is -0.382 e. The van der Waals surface area contributed by atoms with Crippen LogP contribution in [0.3, 0.4) is 0 Å². The lowest BCUT2D eigenvalue weighted by Gasteiger charge is -2.10. The number of hydrogen-bond acceptors (Lipinski definition) is 7. The average molecular weight is 426 g/mol. The fourth-order valence-corrected chi connectivity index (χ4v) is 3.49. The highest BCUT2D eigenvalue weighted by molar-refractivity contribution is 7.89. The average Bonchev–Trinajstić information content (AvgIpc) is 2.77. The molecule has 1 aromatic heterocycles. The molecule has 30 heavy (non-hydrogen) atoms. The van der Waals surface area contributed by atoms with Gasteiger partial charge in [0.05, 0.1) is 4.90 Å². The molecule has 0 saturated carbocycles. The highest BCUT2D eigenvalue weighted by atomic mass is 32.2. The summed E-state index contributed by atoms with van der Waals surface area (Å²) >= 11 is 0. The second kappa shape index (κ2) is 9.11. The van der Waals surface area contributed by atoms with E-state index in [1.165, 1.54) is 36.7 Å². The van der Waals surface area contributed by atoms with Crippen LogP contribution in [0.4, 0.5) is 5.82 Å². The number of nitrogens with zero attached hydrogens (tertiary/aromatic N) is 2. The molecule has 1 heterocycles. The molecule has 154 valence electrons. The first-order valence-corrected chi connectivity index (χ1v) is 10.2. The number of amides is 2. The van der Waals surface area contributed by atoms with Gasteiger partial charge in [0.2, 0.25) is 10.0 Å². The number of benzene rings is 2. The third kappa shape index (κ3) is 5.16. The Morgan fingerprint density at radius 1 is 0.900 bits per heavy atom. The van der Waals surface area contributed by atoms with Crippen molar-refractivity contribution in [3.63, 3.8) is 0 Å². The Bertz CT molecular complexity index is 1170. The van der Waals surface area contributed by atoms with Crippen LogP contribution in [0, 0.1) is 0 Å². The van der Waals surface area contributed by atoms with E-state index in [0.29, 0.717) is 0 Å². The van der Waals surface area contributed by atoms with Crippen LogP contribution >= 0.6 is 0 Å². The standard InChI is InChI=1S/C19H18N6O4S/c20-17-16(21-9-10-22-17)19(27)25-24-18(26)14-7-4-8-15(11-14)30(28,29)23-12-13-5-2-1-3-6-13/h1-11,23H,12H2,(H2,20,22)(H,24,26)(H,25,27). The predicted molar refractivity (Wildman–Crippen MR) is 108 cm³/mol. The summed E-state index contributed by atoms with van der Waals surface area (Å²) in [6.45, 7) is 0.106. The van der Waals surface area contributed by atoms with Gasteiger partial charge < -0.3 is 5.73 Å². The topological polar surface area (TPSA) is 156 Å². The molecule has 11 heteroatoms.